The van der Waals surface area contributed by atoms with Gasteiger partial charge in [0.25, 0.3) is 0 Å². The van der Waals surface area contributed by atoms with Gasteiger partial charge in [0.05, 0.1) is 5.69 Å². The normalized spacial score (nSPS) is 10.5. The molecule has 82 valence electrons. The molecule has 0 bridgehead atoms. The molecule has 0 saturated heterocycles. The molecule has 0 unspecified atom stereocenters. The van der Waals surface area contributed by atoms with Gasteiger partial charge in [-0.25, -0.2) is 9.97 Å². The zero-order chi connectivity index (χ0) is 11.7. The molecule has 2 aromatic rings. The van der Waals surface area contributed by atoms with Crippen LogP contribution < -0.4 is 0 Å². The van der Waals surface area contributed by atoms with Crippen LogP contribution in [0.4, 0.5) is 0 Å². The number of hydrogen-bond donors (Lipinski definition) is 0. The van der Waals surface area contributed by atoms with Gasteiger partial charge in [-0.2, -0.15) is 0 Å². The molecule has 5 heteroatoms. The minimum atomic E-state index is 0.139. The third-order valence-corrected chi connectivity index (χ3v) is 2.97. The summed E-state index contributed by atoms with van der Waals surface area (Å²) < 4.78 is 0. The third-order valence-electron chi connectivity index (χ3n) is 2.18. The Kier molecular flexibility index (Phi) is 3.33. The molecule has 0 spiro atoms. The fourth-order valence-corrected chi connectivity index (χ4v) is 1.86. The Bertz CT molecular complexity index is 523. The number of rotatable bonds is 1. The summed E-state index contributed by atoms with van der Waals surface area (Å²) in [6.45, 7) is 1.85. The smallest absolute Gasteiger partial charge is 0.218 e. The minimum absolute atomic E-state index is 0.139. The Labute approximate surface area is 108 Å². The maximum absolute atomic E-state index is 5.94. The molecule has 0 amide bonds. The van der Waals surface area contributed by atoms with Gasteiger partial charge < -0.3 is 0 Å². The average molecular weight is 274 g/mol. The Morgan fingerprint density at radius 2 is 1.56 bits per heavy atom. The Balaban J connectivity index is 2.59. The maximum Gasteiger partial charge on any atom is 0.224 e. The van der Waals surface area contributed by atoms with Crippen LogP contribution >= 0.6 is 34.8 Å². The van der Waals surface area contributed by atoms with Crippen LogP contribution in [-0.2, 0) is 0 Å². The molecule has 1 aromatic heterocycles. The van der Waals surface area contributed by atoms with Crippen molar-refractivity contribution in [3.05, 3.63) is 45.3 Å². The van der Waals surface area contributed by atoms with E-state index in [0.717, 1.165) is 16.8 Å². The van der Waals surface area contributed by atoms with E-state index in [0.29, 0.717) is 10.2 Å². The Hall–Kier alpha value is -0.830. The zero-order valence-corrected chi connectivity index (χ0v) is 10.6. The van der Waals surface area contributed by atoms with Crippen molar-refractivity contribution in [3.63, 3.8) is 0 Å². The summed E-state index contributed by atoms with van der Waals surface area (Å²) in [5.41, 5.74) is 2.43. The van der Waals surface area contributed by atoms with Crippen molar-refractivity contribution < 1.29 is 0 Å². The van der Waals surface area contributed by atoms with Crippen molar-refractivity contribution in [1.82, 2.24) is 9.97 Å². The van der Waals surface area contributed by atoms with Crippen molar-refractivity contribution in [3.8, 4) is 11.3 Å². The summed E-state index contributed by atoms with van der Waals surface area (Å²) in [5.74, 6) is 0. The summed E-state index contributed by atoms with van der Waals surface area (Å²) in [4.78, 5) is 8.03. The summed E-state index contributed by atoms with van der Waals surface area (Å²) in [5, 5.41) is 1.18. The van der Waals surface area contributed by atoms with Gasteiger partial charge in [-0.1, -0.05) is 35.3 Å². The molecule has 0 saturated carbocycles. The summed E-state index contributed by atoms with van der Waals surface area (Å²) in [6, 6.07) is 7.31. The quantitative estimate of drug-likeness (QED) is 0.568. The van der Waals surface area contributed by atoms with Gasteiger partial charge in [0.2, 0.25) is 5.28 Å². The van der Waals surface area contributed by atoms with E-state index in [9.17, 15) is 0 Å². The Morgan fingerprint density at radius 3 is 2.19 bits per heavy atom. The highest BCUT2D eigenvalue weighted by Crippen LogP contribution is 2.27. The fourth-order valence-electron chi connectivity index (χ4n) is 1.35. The predicted molar refractivity (Wildman–Crippen MR) is 67.2 cm³/mol. The standard InChI is InChI=1S/C11H7Cl3N2/c1-6-9(15-11(14)16-10(6)13)7-2-4-8(12)5-3-7/h2-5H,1H3. The average Bonchev–Trinajstić information content (AvgIpc) is 2.25. The largest absolute Gasteiger partial charge is 0.224 e. The minimum Gasteiger partial charge on any atom is -0.218 e. The van der Waals surface area contributed by atoms with Crippen molar-refractivity contribution in [1.29, 1.82) is 0 Å². The Morgan fingerprint density at radius 1 is 0.938 bits per heavy atom. The van der Waals surface area contributed by atoms with Gasteiger partial charge in [0, 0.05) is 16.1 Å². The molecular formula is C11H7Cl3N2. The van der Waals surface area contributed by atoms with Crippen LogP contribution in [0.5, 0.6) is 0 Å². The van der Waals surface area contributed by atoms with Gasteiger partial charge in [-0.15, -0.1) is 0 Å². The molecule has 1 aromatic carbocycles. The van der Waals surface area contributed by atoms with Crippen LogP contribution in [0.3, 0.4) is 0 Å². The molecule has 0 aliphatic rings. The number of benzene rings is 1. The molecule has 2 nitrogen and oxygen atoms in total. The maximum atomic E-state index is 5.94. The van der Waals surface area contributed by atoms with Crippen LogP contribution in [0.1, 0.15) is 5.56 Å². The van der Waals surface area contributed by atoms with E-state index < -0.39 is 0 Å². The van der Waals surface area contributed by atoms with Gasteiger partial charge in [-0.05, 0) is 30.7 Å². The first-order valence-electron chi connectivity index (χ1n) is 4.53. The van der Waals surface area contributed by atoms with E-state index in [1.165, 1.54) is 0 Å². The van der Waals surface area contributed by atoms with Crippen molar-refractivity contribution in [2.24, 2.45) is 0 Å². The summed E-state index contributed by atoms with van der Waals surface area (Å²) in [6.07, 6.45) is 0. The summed E-state index contributed by atoms with van der Waals surface area (Å²) >= 11 is 17.5. The topological polar surface area (TPSA) is 25.8 Å². The van der Waals surface area contributed by atoms with Gasteiger partial charge >= 0.3 is 0 Å². The van der Waals surface area contributed by atoms with Crippen molar-refractivity contribution >= 4 is 34.8 Å². The van der Waals surface area contributed by atoms with E-state index in [4.69, 9.17) is 34.8 Å². The lowest BCUT2D eigenvalue weighted by Crippen LogP contribution is -1.93. The molecular weight excluding hydrogens is 266 g/mol. The first-order chi connectivity index (χ1) is 7.58. The van der Waals surface area contributed by atoms with Gasteiger partial charge in [0.1, 0.15) is 5.15 Å². The van der Waals surface area contributed by atoms with E-state index in [1.54, 1.807) is 12.1 Å². The molecule has 0 aliphatic heterocycles. The van der Waals surface area contributed by atoms with E-state index >= 15 is 0 Å². The molecule has 0 aliphatic carbocycles. The van der Waals surface area contributed by atoms with Crippen molar-refractivity contribution in [2.75, 3.05) is 0 Å². The highest BCUT2D eigenvalue weighted by molar-refractivity contribution is 6.32. The second-order valence-electron chi connectivity index (χ2n) is 3.26. The van der Waals surface area contributed by atoms with Crippen LogP contribution in [0.25, 0.3) is 11.3 Å². The third kappa shape index (κ3) is 2.29. The number of hydrogen-bond acceptors (Lipinski definition) is 2. The number of halogens is 3. The predicted octanol–water partition coefficient (Wildman–Crippen LogP) is 4.41. The first-order valence-corrected chi connectivity index (χ1v) is 5.67. The van der Waals surface area contributed by atoms with E-state index in [-0.39, 0.29) is 5.28 Å². The SMILES string of the molecule is Cc1c(Cl)nc(Cl)nc1-c1ccc(Cl)cc1. The molecule has 0 atom stereocenters. The lowest BCUT2D eigenvalue weighted by atomic mass is 10.1. The van der Waals surface area contributed by atoms with Crippen LogP contribution in [-0.4, -0.2) is 9.97 Å². The summed E-state index contributed by atoms with van der Waals surface area (Å²) in [7, 11) is 0. The molecule has 0 fully saturated rings. The first kappa shape index (κ1) is 11.6. The van der Waals surface area contributed by atoms with Gasteiger partial charge in [0.15, 0.2) is 0 Å². The monoisotopic (exact) mass is 272 g/mol. The fraction of sp³-hybridized carbons (Fsp3) is 0.0909. The second kappa shape index (κ2) is 4.58. The van der Waals surface area contributed by atoms with E-state index in [1.807, 2.05) is 19.1 Å². The van der Waals surface area contributed by atoms with Crippen LogP contribution in [0.15, 0.2) is 24.3 Å². The molecule has 0 radical (unpaired) electrons. The number of aromatic nitrogens is 2. The molecule has 2 rings (SSSR count). The van der Waals surface area contributed by atoms with Gasteiger partial charge in [-0.3, -0.25) is 0 Å². The molecule has 0 N–H and O–H groups in total. The zero-order valence-electron chi connectivity index (χ0n) is 8.34. The second-order valence-corrected chi connectivity index (χ2v) is 4.40. The van der Waals surface area contributed by atoms with Crippen LogP contribution in [0.2, 0.25) is 15.5 Å². The lowest BCUT2D eigenvalue weighted by Gasteiger charge is -2.06. The molecule has 16 heavy (non-hydrogen) atoms. The highest BCUT2D eigenvalue weighted by atomic mass is 35.5. The van der Waals surface area contributed by atoms with E-state index in [2.05, 4.69) is 9.97 Å². The van der Waals surface area contributed by atoms with Crippen molar-refractivity contribution in [2.45, 2.75) is 6.92 Å². The highest BCUT2D eigenvalue weighted by Gasteiger charge is 2.09. The number of nitrogens with zero attached hydrogens (tertiary/aromatic N) is 2. The van der Waals surface area contributed by atoms with Crippen LogP contribution in [0, 0.1) is 6.92 Å². The lowest BCUT2D eigenvalue weighted by molar-refractivity contribution is 1.13. The molecule has 1 heterocycles.